The van der Waals surface area contributed by atoms with E-state index >= 15 is 0 Å². The van der Waals surface area contributed by atoms with Crippen molar-refractivity contribution in [2.75, 3.05) is 4.90 Å². The standard InChI is InChI=1S/C20H12F3N7OS/c21-20(22,23)19-28-18(29-31-19)15-3-2-13(32-15)11-30(17-10-25-7-8-26-17)16-4-1-12-5-6-24-9-14(12)27-16/h1-10H,11H2. The lowest BCUT2D eigenvalue weighted by Gasteiger charge is -2.22. The molecule has 5 heterocycles. The third-order valence-electron chi connectivity index (χ3n) is 4.45. The molecule has 0 aliphatic carbocycles. The molecular weight excluding hydrogens is 443 g/mol. The highest BCUT2D eigenvalue weighted by Crippen LogP contribution is 2.33. The van der Waals surface area contributed by atoms with Crippen LogP contribution in [-0.2, 0) is 12.7 Å². The Kier molecular flexibility index (Phi) is 4.98. The SMILES string of the molecule is FC(F)(F)c1nc(-c2ccc(CN(c3cnccn3)c3ccc4ccncc4n3)s2)no1. The van der Waals surface area contributed by atoms with E-state index in [0.717, 1.165) is 15.8 Å². The predicted molar refractivity (Wildman–Crippen MR) is 110 cm³/mol. The van der Waals surface area contributed by atoms with Crippen molar-refractivity contribution in [1.29, 1.82) is 0 Å². The Morgan fingerprint density at radius 2 is 1.78 bits per heavy atom. The number of halogens is 3. The van der Waals surface area contributed by atoms with Crippen LogP contribution < -0.4 is 4.90 Å². The Morgan fingerprint density at radius 3 is 2.56 bits per heavy atom. The van der Waals surface area contributed by atoms with Gasteiger partial charge in [-0.3, -0.25) is 9.97 Å². The van der Waals surface area contributed by atoms with Crippen LogP contribution in [0.1, 0.15) is 10.8 Å². The van der Waals surface area contributed by atoms with Gasteiger partial charge < -0.3 is 9.42 Å². The number of fused-ring (bicyclic) bond motifs is 1. The van der Waals surface area contributed by atoms with E-state index in [2.05, 4.69) is 34.6 Å². The van der Waals surface area contributed by atoms with Gasteiger partial charge in [0.2, 0.25) is 5.82 Å². The van der Waals surface area contributed by atoms with E-state index in [9.17, 15) is 13.2 Å². The largest absolute Gasteiger partial charge is 0.471 e. The number of hydrogen-bond donors (Lipinski definition) is 0. The van der Waals surface area contributed by atoms with E-state index in [4.69, 9.17) is 0 Å². The number of nitrogens with zero attached hydrogens (tertiary/aromatic N) is 7. The monoisotopic (exact) mass is 455 g/mol. The van der Waals surface area contributed by atoms with Gasteiger partial charge in [-0.2, -0.15) is 18.2 Å². The number of pyridine rings is 2. The Morgan fingerprint density at radius 1 is 0.906 bits per heavy atom. The van der Waals surface area contributed by atoms with E-state index in [0.29, 0.717) is 23.1 Å². The average molecular weight is 455 g/mol. The van der Waals surface area contributed by atoms with Gasteiger partial charge in [-0.15, -0.1) is 11.3 Å². The number of alkyl halides is 3. The maximum Gasteiger partial charge on any atom is 0.471 e. The van der Waals surface area contributed by atoms with Crippen molar-refractivity contribution in [3.63, 3.8) is 0 Å². The molecule has 160 valence electrons. The first kappa shape index (κ1) is 20.0. The van der Waals surface area contributed by atoms with Crippen LogP contribution in [0.3, 0.4) is 0 Å². The zero-order chi connectivity index (χ0) is 22.1. The Bertz CT molecular complexity index is 1370. The van der Waals surface area contributed by atoms with Gasteiger partial charge in [0.15, 0.2) is 5.82 Å². The first-order valence-electron chi connectivity index (χ1n) is 9.22. The second kappa shape index (κ2) is 7.96. The van der Waals surface area contributed by atoms with Gasteiger partial charge >= 0.3 is 12.1 Å². The van der Waals surface area contributed by atoms with Gasteiger partial charge in [0.25, 0.3) is 0 Å². The number of rotatable bonds is 5. The van der Waals surface area contributed by atoms with Crippen LogP contribution in [0, 0.1) is 0 Å². The van der Waals surface area contributed by atoms with Crippen molar-refractivity contribution >= 4 is 33.9 Å². The van der Waals surface area contributed by atoms with Crippen molar-refractivity contribution in [2.45, 2.75) is 12.7 Å². The molecule has 0 saturated heterocycles. The predicted octanol–water partition coefficient (Wildman–Crippen LogP) is 4.89. The van der Waals surface area contributed by atoms with Crippen LogP contribution in [0.5, 0.6) is 0 Å². The minimum absolute atomic E-state index is 0.116. The molecule has 0 N–H and O–H groups in total. The molecule has 5 aromatic rings. The lowest BCUT2D eigenvalue weighted by Crippen LogP contribution is -2.18. The molecule has 5 aromatic heterocycles. The molecule has 5 rings (SSSR count). The fourth-order valence-corrected chi connectivity index (χ4v) is 3.92. The molecule has 0 radical (unpaired) electrons. The first-order valence-corrected chi connectivity index (χ1v) is 10.0. The minimum atomic E-state index is -4.69. The Balaban J connectivity index is 1.48. The van der Waals surface area contributed by atoms with Gasteiger partial charge in [0.05, 0.1) is 29.3 Å². The molecule has 0 bridgehead atoms. The molecule has 0 spiro atoms. The van der Waals surface area contributed by atoms with Crippen molar-refractivity contribution in [1.82, 2.24) is 30.1 Å². The van der Waals surface area contributed by atoms with Crippen molar-refractivity contribution in [3.8, 4) is 10.7 Å². The van der Waals surface area contributed by atoms with E-state index in [1.54, 1.807) is 43.1 Å². The summed E-state index contributed by atoms with van der Waals surface area (Å²) in [5.74, 6) is -0.302. The molecule has 0 aliphatic heterocycles. The summed E-state index contributed by atoms with van der Waals surface area (Å²) in [6.07, 6.45) is 3.42. The zero-order valence-corrected chi connectivity index (χ0v) is 16.9. The Hall–Kier alpha value is -3.93. The minimum Gasteiger partial charge on any atom is -0.329 e. The highest BCUT2D eigenvalue weighted by atomic mass is 32.1. The molecule has 0 fully saturated rings. The summed E-state index contributed by atoms with van der Waals surface area (Å²) in [6.45, 7) is 0.353. The van der Waals surface area contributed by atoms with Crippen molar-refractivity contribution in [2.24, 2.45) is 0 Å². The van der Waals surface area contributed by atoms with Crippen molar-refractivity contribution in [3.05, 3.63) is 72.1 Å². The third kappa shape index (κ3) is 3.99. The van der Waals surface area contributed by atoms with Crippen LogP contribution >= 0.6 is 11.3 Å². The van der Waals surface area contributed by atoms with Crippen LogP contribution in [0.15, 0.2) is 65.8 Å². The normalized spacial score (nSPS) is 11.7. The molecule has 8 nitrogen and oxygen atoms in total. The lowest BCUT2D eigenvalue weighted by atomic mass is 10.2. The zero-order valence-electron chi connectivity index (χ0n) is 16.1. The highest BCUT2D eigenvalue weighted by Gasteiger charge is 2.38. The fourth-order valence-electron chi connectivity index (χ4n) is 2.99. The third-order valence-corrected chi connectivity index (χ3v) is 5.51. The summed E-state index contributed by atoms with van der Waals surface area (Å²) in [5.41, 5.74) is 0.720. The lowest BCUT2D eigenvalue weighted by molar-refractivity contribution is -0.159. The Labute approximate surface area is 182 Å². The van der Waals surface area contributed by atoms with Crippen LogP contribution in [-0.4, -0.2) is 30.1 Å². The molecule has 0 atom stereocenters. The molecule has 0 saturated carbocycles. The molecule has 0 aromatic carbocycles. The van der Waals surface area contributed by atoms with E-state index in [1.165, 1.54) is 11.3 Å². The number of anilines is 2. The quantitative estimate of drug-likeness (QED) is 0.370. The van der Waals surface area contributed by atoms with E-state index in [-0.39, 0.29) is 5.82 Å². The second-order valence-electron chi connectivity index (χ2n) is 6.57. The molecule has 32 heavy (non-hydrogen) atoms. The maximum atomic E-state index is 12.8. The molecule has 0 amide bonds. The molecule has 0 aliphatic rings. The molecule has 0 unspecified atom stereocenters. The van der Waals surface area contributed by atoms with E-state index in [1.807, 2.05) is 23.1 Å². The summed E-state index contributed by atoms with van der Waals surface area (Å²) in [7, 11) is 0. The average Bonchev–Trinajstić information content (AvgIpc) is 3.47. The molecule has 12 heteroatoms. The van der Waals surface area contributed by atoms with Gasteiger partial charge in [-0.05, 0) is 30.3 Å². The van der Waals surface area contributed by atoms with Crippen LogP contribution in [0.4, 0.5) is 24.8 Å². The van der Waals surface area contributed by atoms with Crippen LogP contribution in [0.2, 0.25) is 0 Å². The summed E-state index contributed by atoms with van der Waals surface area (Å²) in [5, 5.41) is 4.39. The molecular formula is C20H12F3N7OS. The summed E-state index contributed by atoms with van der Waals surface area (Å²) >= 11 is 1.25. The smallest absolute Gasteiger partial charge is 0.329 e. The van der Waals surface area contributed by atoms with Crippen LogP contribution in [0.25, 0.3) is 21.6 Å². The second-order valence-corrected chi connectivity index (χ2v) is 7.74. The number of hydrogen-bond acceptors (Lipinski definition) is 9. The van der Waals surface area contributed by atoms with Gasteiger partial charge in [-0.25, -0.2) is 9.97 Å². The maximum absolute atomic E-state index is 12.8. The fraction of sp³-hybridized carbons (Fsp3) is 0.100. The number of thiophene rings is 1. The van der Waals surface area contributed by atoms with Gasteiger partial charge in [0.1, 0.15) is 5.82 Å². The van der Waals surface area contributed by atoms with E-state index < -0.39 is 12.1 Å². The van der Waals surface area contributed by atoms with Crippen molar-refractivity contribution < 1.29 is 17.7 Å². The summed E-state index contributed by atoms with van der Waals surface area (Å²) < 4.78 is 42.6. The number of aromatic nitrogens is 6. The summed E-state index contributed by atoms with van der Waals surface area (Å²) in [6, 6.07) is 9.10. The van der Waals surface area contributed by atoms with Gasteiger partial charge in [0, 0.05) is 28.9 Å². The topological polar surface area (TPSA) is 93.7 Å². The van der Waals surface area contributed by atoms with Gasteiger partial charge in [-0.1, -0.05) is 5.16 Å². The summed E-state index contributed by atoms with van der Waals surface area (Å²) in [4.78, 5) is 23.9. The highest BCUT2D eigenvalue weighted by molar-refractivity contribution is 7.15. The first-order chi connectivity index (χ1) is 15.5.